The minimum atomic E-state index is 0.603. The summed E-state index contributed by atoms with van der Waals surface area (Å²) < 4.78 is 11.3. The molecule has 0 aromatic heterocycles. The molecule has 2 rings (SSSR count). The van der Waals surface area contributed by atoms with Crippen LogP contribution in [0.1, 0.15) is 19.4 Å². The van der Waals surface area contributed by atoms with E-state index in [1.807, 2.05) is 26.0 Å². The summed E-state index contributed by atoms with van der Waals surface area (Å²) in [6.45, 7) is 10.6. The Morgan fingerprint density at radius 1 is 1.10 bits per heavy atom. The van der Waals surface area contributed by atoms with Crippen molar-refractivity contribution in [1.82, 2.24) is 10.2 Å². The Morgan fingerprint density at radius 2 is 1.76 bits per heavy atom. The molecule has 5 heteroatoms. The lowest BCUT2D eigenvalue weighted by Crippen LogP contribution is -2.44. The van der Waals surface area contributed by atoms with Gasteiger partial charge in [0.15, 0.2) is 0 Å². The highest BCUT2D eigenvalue weighted by atomic mass is 35.5. The molecule has 118 valence electrons. The summed E-state index contributed by atoms with van der Waals surface area (Å²) >= 11 is 6.30. The van der Waals surface area contributed by atoms with Crippen LogP contribution < -0.4 is 14.8 Å². The van der Waals surface area contributed by atoms with Crippen molar-refractivity contribution >= 4 is 11.6 Å². The van der Waals surface area contributed by atoms with Crippen LogP contribution >= 0.6 is 11.6 Å². The first-order chi connectivity index (χ1) is 10.2. The zero-order valence-corrected chi connectivity index (χ0v) is 13.7. The second-order valence-corrected chi connectivity index (χ2v) is 5.51. The Balaban J connectivity index is 2.06. The van der Waals surface area contributed by atoms with Gasteiger partial charge in [0, 0.05) is 38.8 Å². The van der Waals surface area contributed by atoms with Crippen LogP contribution in [0, 0.1) is 0 Å². The Bertz CT molecular complexity index is 448. The number of ether oxygens (including phenoxy) is 2. The summed E-state index contributed by atoms with van der Waals surface area (Å²) in [5.74, 6) is 1.59. The number of halogens is 1. The molecular formula is C16H25ClN2O2. The predicted molar refractivity (Wildman–Crippen MR) is 86.8 cm³/mol. The summed E-state index contributed by atoms with van der Waals surface area (Å²) in [5, 5.41) is 4.03. The topological polar surface area (TPSA) is 33.7 Å². The predicted octanol–water partition coefficient (Wildman–Crippen LogP) is 2.59. The van der Waals surface area contributed by atoms with Gasteiger partial charge in [-0.3, -0.25) is 0 Å². The van der Waals surface area contributed by atoms with Gasteiger partial charge in [0.25, 0.3) is 0 Å². The summed E-state index contributed by atoms with van der Waals surface area (Å²) in [5.41, 5.74) is 1.16. The standard InChI is InChI=1S/C16H25ClN2O2/c1-3-20-15-12-16(21-4-2)14(17)11-13(15)5-8-19-9-6-18-7-10-19/h11-12,18H,3-10H2,1-2H3. The lowest BCUT2D eigenvalue weighted by Gasteiger charge is -2.27. The number of benzene rings is 1. The molecule has 1 heterocycles. The molecule has 0 bridgehead atoms. The Morgan fingerprint density at radius 3 is 2.43 bits per heavy atom. The summed E-state index contributed by atoms with van der Waals surface area (Å²) in [4.78, 5) is 2.47. The zero-order valence-electron chi connectivity index (χ0n) is 13.0. The third-order valence-corrected chi connectivity index (χ3v) is 3.92. The summed E-state index contributed by atoms with van der Waals surface area (Å²) in [6.07, 6.45) is 0.946. The van der Waals surface area contributed by atoms with E-state index >= 15 is 0 Å². The van der Waals surface area contributed by atoms with E-state index in [0.717, 1.165) is 50.5 Å². The molecule has 0 spiro atoms. The van der Waals surface area contributed by atoms with Gasteiger partial charge in [-0.05, 0) is 31.9 Å². The van der Waals surface area contributed by atoms with E-state index in [9.17, 15) is 0 Å². The van der Waals surface area contributed by atoms with E-state index in [2.05, 4.69) is 10.2 Å². The monoisotopic (exact) mass is 312 g/mol. The van der Waals surface area contributed by atoms with Crippen LogP contribution in [0.3, 0.4) is 0 Å². The van der Waals surface area contributed by atoms with E-state index in [4.69, 9.17) is 21.1 Å². The molecule has 0 saturated carbocycles. The Kier molecular flexibility index (Phi) is 6.61. The zero-order chi connectivity index (χ0) is 15.1. The number of rotatable bonds is 7. The molecule has 1 aromatic rings. The SMILES string of the molecule is CCOc1cc(OCC)c(CCN2CCNCC2)cc1Cl. The van der Waals surface area contributed by atoms with Gasteiger partial charge < -0.3 is 19.7 Å². The van der Waals surface area contributed by atoms with E-state index in [0.29, 0.717) is 24.0 Å². The minimum absolute atomic E-state index is 0.603. The van der Waals surface area contributed by atoms with Crippen LogP contribution in [0.4, 0.5) is 0 Å². The smallest absolute Gasteiger partial charge is 0.141 e. The molecule has 1 N–H and O–H groups in total. The lowest BCUT2D eigenvalue weighted by molar-refractivity contribution is 0.242. The van der Waals surface area contributed by atoms with Gasteiger partial charge in [-0.1, -0.05) is 11.6 Å². The quantitative estimate of drug-likeness (QED) is 0.839. The van der Waals surface area contributed by atoms with Crippen LogP contribution in [0.2, 0.25) is 5.02 Å². The van der Waals surface area contributed by atoms with Crippen molar-refractivity contribution in [3.8, 4) is 11.5 Å². The molecule has 0 unspecified atom stereocenters. The third kappa shape index (κ3) is 4.77. The van der Waals surface area contributed by atoms with Crippen LogP contribution in [0.5, 0.6) is 11.5 Å². The summed E-state index contributed by atoms with van der Waals surface area (Å²) in [7, 11) is 0. The third-order valence-electron chi connectivity index (χ3n) is 3.62. The van der Waals surface area contributed by atoms with Gasteiger partial charge in [-0.15, -0.1) is 0 Å². The highest BCUT2D eigenvalue weighted by Gasteiger charge is 2.14. The molecule has 21 heavy (non-hydrogen) atoms. The fraction of sp³-hybridized carbons (Fsp3) is 0.625. The minimum Gasteiger partial charge on any atom is -0.493 e. The molecule has 1 aliphatic rings. The molecule has 0 radical (unpaired) electrons. The van der Waals surface area contributed by atoms with Gasteiger partial charge in [0.2, 0.25) is 0 Å². The van der Waals surface area contributed by atoms with Gasteiger partial charge in [0.1, 0.15) is 11.5 Å². The van der Waals surface area contributed by atoms with E-state index in [-0.39, 0.29) is 0 Å². The van der Waals surface area contributed by atoms with Crippen molar-refractivity contribution in [2.75, 3.05) is 45.9 Å². The molecule has 1 fully saturated rings. The van der Waals surface area contributed by atoms with E-state index < -0.39 is 0 Å². The Labute approximate surface area is 132 Å². The molecule has 4 nitrogen and oxygen atoms in total. The highest BCUT2D eigenvalue weighted by Crippen LogP contribution is 2.33. The molecule has 0 atom stereocenters. The number of nitrogens with zero attached hydrogens (tertiary/aromatic N) is 1. The largest absolute Gasteiger partial charge is 0.493 e. The van der Waals surface area contributed by atoms with Crippen molar-refractivity contribution in [3.05, 3.63) is 22.7 Å². The van der Waals surface area contributed by atoms with Crippen LogP contribution in [0.25, 0.3) is 0 Å². The average molecular weight is 313 g/mol. The fourth-order valence-electron chi connectivity index (χ4n) is 2.54. The summed E-state index contributed by atoms with van der Waals surface area (Å²) in [6, 6.07) is 3.90. The first-order valence-electron chi connectivity index (χ1n) is 7.75. The maximum absolute atomic E-state index is 6.30. The van der Waals surface area contributed by atoms with Crippen molar-refractivity contribution in [2.24, 2.45) is 0 Å². The van der Waals surface area contributed by atoms with Gasteiger partial charge in [-0.2, -0.15) is 0 Å². The molecular weight excluding hydrogens is 288 g/mol. The molecule has 1 saturated heterocycles. The highest BCUT2D eigenvalue weighted by molar-refractivity contribution is 6.32. The van der Waals surface area contributed by atoms with Crippen molar-refractivity contribution < 1.29 is 9.47 Å². The van der Waals surface area contributed by atoms with Gasteiger partial charge in [0.05, 0.1) is 18.2 Å². The number of hydrogen-bond donors (Lipinski definition) is 1. The lowest BCUT2D eigenvalue weighted by atomic mass is 10.1. The van der Waals surface area contributed by atoms with Crippen molar-refractivity contribution in [2.45, 2.75) is 20.3 Å². The Hall–Kier alpha value is -0.970. The van der Waals surface area contributed by atoms with E-state index in [1.165, 1.54) is 0 Å². The van der Waals surface area contributed by atoms with E-state index in [1.54, 1.807) is 0 Å². The molecule has 0 aliphatic carbocycles. The normalized spacial score (nSPS) is 16.0. The second kappa shape index (κ2) is 8.47. The fourth-order valence-corrected chi connectivity index (χ4v) is 2.78. The molecule has 0 amide bonds. The average Bonchev–Trinajstić information content (AvgIpc) is 2.50. The van der Waals surface area contributed by atoms with Gasteiger partial charge >= 0.3 is 0 Å². The van der Waals surface area contributed by atoms with Gasteiger partial charge in [-0.25, -0.2) is 0 Å². The number of piperazine rings is 1. The maximum atomic E-state index is 6.30. The first-order valence-corrected chi connectivity index (χ1v) is 8.13. The number of nitrogens with one attached hydrogen (secondary N) is 1. The van der Waals surface area contributed by atoms with Crippen molar-refractivity contribution in [1.29, 1.82) is 0 Å². The maximum Gasteiger partial charge on any atom is 0.141 e. The van der Waals surface area contributed by atoms with Crippen LogP contribution in [-0.4, -0.2) is 50.8 Å². The van der Waals surface area contributed by atoms with Crippen molar-refractivity contribution in [3.63, 3.8) is 0 Å². The van der Waals surface area contributed by atoms with Crippen LogP contribution in [0.15, 0.2) is 12.1 Å². The number of hydrogen-bond acceptors (Lipinski definition) is 4. The molecule has 1 aromatic carbocycles. The molecule has 1 aliphatic heterocycles. The second-order valence-electron chi connectivity index (χ2n) is 5.10. The first kappa shape index (κ1) is 16.4. The van der Waals surface area contributed by atoms with Crippen LogP contribution in [-0.2, 0) is 6.42 Å².